The summed E-state index contributed by atoms with van der Waals surface area (Å²) in [7, 11) is 0. The van der Waals surface area contributed by atoms with Gasteiger partial charge in [0.1, 0.15) is 11.5 Å². The number of rotatable bonds is 2. The van der Waals surface area contributed by atoms with Gasteiger partial charge >= 0.3 is 0 Å². The molecule has 0 spiro atoms. The Hall–Kier alpha value is -2.14. The molecular weight excluding hydrogens is 276 g/mol. The Bertz CT molecular complexity index is 652. The van der Waals surface area contributed by atoms with Crippen molar-refractivity contribution in [2.75, 3.05) is 13.1 Å². The first-order chi connectivity index (χ1) is 10.8. The molecule has 22 heavy (non-hydrogen) atoms. The molecule has 0 saturated carbocycles. The number of carbonyl (C=O) groups excluding carboxylic acids is 1. The highest BCUT2D eigenvalue weighted by atomic mass is 16.2. The zero-order valence-corrected chi connectivity index (χ0v) is 12.5. The maximum atomic E-state index is 12.9. The first kappa shape index (κ1) is 13.5. The van der Waals surface area contributed by atoms with Crippen LogP contribution in [0, 0.1) is 0 Å². The third-order valence-corrected chi connectivity index (χ3v) is 4.74. The predicted molar refractivity (Wildman–Crippen MR) is 84.5 cm³/mol. The topological polar surface area (TPSA) is 61.0 Å². The van der Waals surface area contributed by atoms with Gasteiger partial charge in [-0.25, -0.2) is 4.98 Å². The van der Waals surface area contributed by atoms with Crippen molar-refractivity contribution in [1.29, 1.82) is 0 Å². The van der Waals surface area contributed by atoms with Gasteiger partial charge in [-0.05, 0) is 25.8 Å². The second-order valence-electron chi connectivity index (χ2n) is 6.10. The first-order valence-corrected chi connectivity index (χ1v) is 7.97. The molecule has 4 rings (SSSR count). The summed E-state index contributed by atoms with van der Waals surface area (Å²) in [5.41, 5.74) is 1.60. The molecule has 2 aromatic rings. The summed E-state index contributed by atoms with van der Waals surface area (Å²) in [6, 6.07) is 10.6. The summed E-state index contributed by atoms with van der Waals surface area (Å²) in [5, 5.41) is 3.43. The molecule has 5 nitrogen and oxygen atoms in total. The molecular formula is C17H20N4O. The van der Waals surface area contributed by atoms with E-state index in [-0.39, 0.29) is 5.91 Å². The molecule has 0 unspecified atom stereocenters. The molecule has 2 fully saturated rings. The van der Waals surface area contributed by atoms with Crippen LogP contribution in [0.15, 0.2) is 36.5 Å². The van der Waals surface area contributed by atoms with Crippen LogP contribution in [-0.2, 0) is 0 Å². The third-order valence-electron chi connectivity index (χ3n) is 4.74. The van der Waals surface area contributed by atoms with E-state index in [1.165, 1.54) is 0 Å². The number of hydrogen-bond donors (Lipinski definition) is 2. The summed E-state index contributed by atoms with van der Waals surface area (Å²) < 4.78 is 0. The van der Waals surface area contributed by atoms with E-state index < -0.39 is 0 Å². The molecule has 2 N–H and O–H groups in total. The van der Waals surface area contributed by atoms with E-state index in [0.717, 1.165) is 43.7 Å². The minimum Gasteiger partial charge on any atom is -0.334 e. The maximum absolute atomic E-state index is 12.9. The fourth-order valence-electron chi connectivity index (χ4n) is 3.63. The summed E-state index contributed by atoms with van der Waals surface area (Å²) in [6.45, 7) is 1.91. The van der Waals surface area contributed by atoms with Crippen LogP contribution in [0.2, 0.25) is 0 Å². The Morgan fingerprint density at radius 3 is 2.82 bits per heavy atom. The lowest BCUT2D eigenvalue weighted by Gasteiger charge is -2.27. The van der Waals surface area contributed by atoms with Crippen molar-refractivity contribution >= 4 is 5.91 Å². The molecule has 2 atom stereocenters. The van der Waals surface area contributed by atoms with Crippen LogP contribution in [-0.4, -0.2) is 45.9 Å². The Balaban J connectivity index is 1.60. The summed E-state index contributed by atoms with van der Waals surface area (Å²) >= 11 is 0. The van der Waals surface area contributed by atoms with E-state index in [1.54, 1.807) is 6.20 Å². The zero-order valence-electron chi connectivity index (χ0n) is 12.5. The van der Waals surface area contributed by atoms with Gasteiger partial charge in [0.05, 0.1) is 6.20 Å². The van der Waals surface area contributed by atoms with Crippen LogP contribution >= 0.6 is 0 Å². The number of hydrogen-bond acceptors (Lipinski definition) is 3. The molecule has 2 bridgehead atoms. The van der Waals surface area contributed by atoms with Crippen LogP contribution in [0.3, 0.4) is 0 Å². The predicted octanol–water partition coefficient (Wildman–Crippen LogP) is 2.04. The van der Waals surface area contributed by atoms with Gasteiger partial charge in [0.2, 0.25) is 0 Å². The van der Waals surface area contributed by atoms with E-state index in [4.69, 9.17) is 0 Å². The average Bonchev–Trinajstić information content (AvgIpc) is 3.12. The minimum absolute atomic E-state index is 0.0888. The summed E-state index contributed by atoms with van der Waals surface area (Å²) in [4.78, 5) is 22.5. The highest BCUT2D eigenvalue weighted by Crippen LogP contribution is 2.29. The molecule has 2 saturated heterocycles. The lowest BCUT2D eigenvalue weighted by atomic mass is 10.1. The van der Waals surface area contributed by atoms with Crippen molar-refractivity contribution in [2.24, 2.45) is 0 Å². The average molecular weight is 296 g/mol. The minimum atomic E-state index is 0.0888. The Labute approximate surface area is 129 Å². The van der Waals surface area contributed by atoms with Crippen LogP contribution in [0.4, 0.5) is 0 Å². The number of H-pyrrole nitrogens is 1. The molecule has 3 heterocycles. The monoisotopic (exact) mass is 296 g/mol. The highest BCUT2D eigenvalue weighted by molar-refractivity contribution is 5.93. The van der Waals surface area contributed by atoms with Gasteiger partial charge in [-0.3, -0.25) is 4.79 Å². The second kappa shape index (κ2) is 5.57. The Morgan fingerprint density at radius 2 is 1.95 bits per heavy atom. The van der Waals surface area contributed by atoms with E-state index in [2.05, 4.69) is 20.2 Å². The molecule has 114 valence electrons. The molecule has 2 aliphatic rings. The van der Waals surface area contributed by atoms with Crippen LogP contribution in [0.1, 0.15) is 29.8 Å². The van der Waals surface area contributed by atoms with Crippen molar-refractivity contribution in [3.05, 3.63) is 42.2 Å². The van der Waals surface area contributed by atoms with Gasteiger partial charge < -0.3 is 15.2 Å². The lowest BCUT2D eigenvalue weighted by Crippen LogP contribution is -2.42. The van der Waals surface area contributed by atoms with Gasteiger partial charge in [0, 0.05) is 24.2 Å². The standard InChI is InChI=1S/C17H20N4O/c22-17(21-13-6-7-14(21)10-18-9-8-13)15-11-19-16(20-15)12-4-2-1-3-5-12/h1-5,11,13-14,18H,6-10H2,(H,19,20)/t13-,14+/m1/s1. The van der Waals surface area contributed by atoms with Crippen molar-refractivity contribution in [1.82, 2.24) is 20.2 Å². The van der Waals surface area contributed by atoms with Crippen molar-refractivity contribution < 1.29 is 4.79 Å². The van der Waals surface area contributed by atoms with Gasteiger partial charge in [-0.1, -0.05) is 30.3 Å². The van der Waals surface area contributed by atoms with Crippen molar-refractivity contribution in [3.8, 4) is 11.4 Å². The quantitative estimate of drug-likeness (QED) is 0.891. The van der Waals surface area contributed by atoms with Crippen LogP contribution in [0.25, 0.3) is 11.4 Å². The Kier molecular flexibility index (Phi) is 3.42. The Morgan fingerprint density at radius 1 is 1.14 bits per heavy atom. The number of amides is 1. The molecule has 0 aliphatic carbocycles. The number of nitrogens with zero attached hydrogens (tertiary/aromatic N) is 2. The lowest BCUT2D eigenvalue weighted by molar-refractivity contribution is 0.0675. The van der Waals surface area contributed by atoms with Crippen LogP contribution < -0.4 is 5.32 Å². The largest absolute Gasteiger partial charge is 0.334 e. The number of nitrogens with one attached hydrogen (secondary N) is 2. The molecule has 1 amide bonds. The molecule has 2 aliphatic heterocycles. The van der Waals surface area contributed by atoms with Gasteiger partial charge in [0.15, 0.2) is 0 Å². The number of imidazole rings is 1. The highest BCUT2D eigenvalue weighted by Gasteiger charge is 2.38. The van der Waals surface area contributed by atoms with Crippen molar-refractivity contribution in [3.63, 3.8) is 0 Å². The van der Waals surface area contributed by atoms with Gasteiger partial charge in [-0.2, -0.15) is 0 Å². The van der Waals surface area contributed by atoms with Crippen molar-refractivity contribution in [2.45, 2.75) is 31.3 Å². The third kappa shape index (κ3) is 2.31. The number of fused-ring (bicyclic) bond motifs is 2. The van der Waals surface area contributed by atoms with E-state index in [1.807, 2.05) is 30.3 Å². The fraction of sp³-hybridized carbons (Fsp3) is 0.412. The normalized spacial score (nSPS) is 24.3. The fourth-order valence-corrected chi connectivity index (χ4v) is 3.63. The van der Waals surface area contributed by atoms with Crippen LogP contribution in [0.5, 0.6) is 0 Å². The molecule has 1 aromatic carbocycles. The molecule has 1 aromatic heterocycles. The number of benzene rings is 1. The smallest absolute Gasteiger partial charge is 0.272 e. The van der Waals surface area contributed by atoms with E-state index >= 15 is 0 Å². The second-order valence-corrected chi connectivity index (χ2v) is 6.10. The van der Waals surface area contributed by atoms with Gasteiger partial charge in [0.25, 0.3) is 5.91 Å². The first-order valence-electron chi connectivity index (χ1n) is 7.97. The summed E-state index contributed by atoms with van der Waals surface area (Å²) in [5.74, 6) is 0.843. The zero-order chi connectivity index (χ0) is 14.9. The van der Waals surface area contributed by atoms with Gasteiger partial charge in [-0.15, -0.1) is 0 Å². The van der Waals surface area contributed by atoms with E-state index in [0.29, 0.717) is 17.8 Å². The maximum Gasteiger partial charge on any atom is 0.272 e. The number of carbonyl (C=O) groups is 1. The molecule has 0 radical (unpaired) electrons. The van der Waals surface area contributed by atoms with E-state index in [9.17, 15) is 4.79 Å². The summed E-state index contributed by atoms with van der Waals surface area (Å²) in [6.07, 6.45) is 4.94. The molecule has 5 heteroatoms. The SMILES string of the molecule is O=C(c1cnc(-c2ccccc2)[nH]1)N1[C@H]2CCNC[C@@H]1CC2. The number of aromatic amines is 1. The number of aromatic nitrogens is 2.